The van der Waals surface area contributed by atoms with Gasteiger partial charge in [0.1, 0.15) is 11.5 Å². The third kappa shape index (κ3) is 3.79. The molecular weight excluding hydrogens is 326 g/mol. The molecule has 0 unspecified atom stereocenters. The van der Waals surface area contributed by atoms with E-state index in [1.807, 2.05) is 36.5 Å². The lowest BCUT2D eigenvalue weighted by molar-refractivity contribution is 0.0933. The highest BCUT2D eigenvalue weighted by molar-refractivity contribution is 5.93. The summed E-state index contributed by atoms with van der Waals surface area (Å²) in [6.07, 6.45) is 8.16. The first-order valence-corrected chi connectivity index (χ1v) is 9.47. The van der Waals surface area contributed by atoms with Crippen molar-refractivity contribution in [3.63, 3.8) is 0 Å². The lowest BCUT2D eigenvalue weighted by Gasteiger charge is -2.36. The molecule has 6 nitrogen and oxygen atoms in total. The zero-order valence-electron chi connectivity index (χ0n) is 15.0. The zero-order valence-corrected chi connectivity index (χ0v) is 15.0. The summed E-state index contributed by atoms with van der Waals surface area (Å²) >= 11 is 0. The molecule has 2 fully saturated rings. The third-order valence-electron chi connectivity index (χ3n) is 5.28. The monoisotopic (exact) mass is 351 g/mol. The number of pyridine rings is 2. The fourth-order valence-corrected chi connectivity index (χ4v) is 3.80. The summed E-state index contributed by atoms with van der Waals surface area (Å²) in [4.78, 5) is 25.8. The van der Waals surface area contributed by atoms with E-state index < -0.39 is 0 Å². The summed E-state index contributed by atoms with van der Waals surface area (Å²) < 4.78 is 0. The molecule has 6 heteroatoms. The maximum absolute atomic E-state index is 12.5. The average Bonchev–Trinajstić information content (AvgIpc) is 3.22. The molecule has 3 heterocycles. The topological polar surface area (TPSA) is 61.4 Å². The van der Waals surface area contributed by atoms with E-state index in [0.29, 0.717) is 11.7 Å². The highest BCUT2D eigenvalue weighted by atomic mass is 16.1. The summed E-state index contributed by atoms with van der Waals surface area (Å²) in [6, 6.07) is 10.2. The molecule has 2 aromatic heterocycles. The molecule has 1 N–H and O–H groups in total. The van der Waals surface area contributed by atoms with Crippen molar-refractivity contribution in [1.82, 2.24) is 15.3 Å². The number of carbonyl (C=O) groups is 1. The first-order valence-electron chi connectivity index (χ1n) is 9.47. The molecule has 1 amide bonds. The quantitative estimate of drug-likeness (QED) is 0.917. The number of rotatable bonds is 4. The van der Waals surface area contributed by atoms with E-state index in [2.05, 4.69) is 25.1 Å². The summed E-state index contributed by atoms with van der Waals surface area (Å²) in [7, 11) is 0. The molecule has 4 rings (SSSR count). The van der Waals surface area contributed by atoms with E-state index in [4.69, 9.17) is 0 Å². The van der Waals surface area contributed by atoms with Crippen molar-refractivity contribution < 1.29 is 4.79 Å². The van der Waals surface area contributed by atoms with E-state index in [9.17, 15) is 4.79 Å². The standard InChI is InChI=1S/C20H25N5O/c26-20(23-16-5-1-2-6-16)18-15-17(8-10-21-18)24-11-13-25(14-12-24)19-7-3-4-9-22-19/h3-4,7-10,15-16H,1-2,5-6,11-14H2,(H,23,26). The van der Waals surface area contributed by atoms with Crippen molar-refractivity contribution in [2.75, 3.05) is 36.0 Å². The van der Waals surface area contributed by atoms with Crippen molar-refractivity contribution >= 4 is 17.4 Å². The molecular formula is C20H25N5O. The van der Waals surface area contributed by atoms with Crippen LogP contribution in [0.2, 0.25) is 0 Å². The Hall–Kier alpha value is -2.63. The minimum absolute atomic E-state index is 0.0501. The Labute approximate surface area is 154 Å². The summed E-state index contributed by atoms with van der Waals surface area (Å²) in [5.41, 5.74) is 1.58. The Morgan fingerprint density at radius 2 is 1.73 bits per heavy atom. The van der Waals surface area contributed by atoms with Crippen molar-refractivity contribution in [3.05, 3.63) is 48.4 Å². The Balaban J connectivity index is 1.38. The van der Waals surface area contributed by atoms with E-state index in [-0.39, 0.29) is 5.91 Å². The molecule has 1 aliphatic carbocycles. The van der Waals surface area contributed by atoms with E-state index in [1.54, 1.807) is 6.20 Å². The number of hydrogen-bond acceptors (Lipinski definition) is 5. The van der Waals surface area contributed by atoms with Gasteiger partial charge in [0.2, 0.25) is 0 Å². The maximum atomic E-state index is 12.5. The molecule has 0 aromatic carbocycles. The SMILES string of the molecule is O=C(NC1CCCC1)c1cc(N2CCN(c3ccccn3)CC2)ccn1. The lowest BCUT2D eigenvalue weighted by Crippen LogP contribution is -2.47. The Morgan fingerprint density at radius 1 is 0.962 bits per heavy atom. The van der Waals surface area contributed by atoms with Gasteiger partial charge in [-0.3, -0.25) is 9.78 Å². The fraction of sp³-hybridized carbons (Fsp3) is 0.450. The summed E-state index contributed by atoms with van der Waals surface area (Å²) in [5, 5.41) is 3.12. The number of carbonyl (C=O) groups excluding carboxylic acids is 1. The van der Waals surface area contributed by atoms with Gasteiger partial charge < -0.3 is 15.1 Å². The van der Waals surface area contributed by atoms with E-state index >= 15 is 0 Å². The lowest BCUT2D eigenvalue weighted by atomic mass is 10.2. The van der Waals surface area contributed by atoms with Crippen molar-refractivity contribution in [1.29, 1.82) is 0 Å². The maximum Gasteiger partial charge on any atom is 0.270 e. The molecule has 0 spiro atoms. The third-order valence-corrected chi connectivity index (χ3v) is 5.28. The van der Waals surface area contributed by atoms with Gasteiger partial charge in [0, 0.05) is 50.3 Å². The predicted octanol–water partition coefficient (Wildman–Crippen LogP) is 2.48. The van der Waals surface area contributed by atoms with Crippen LogP contribution in [-0.2, 0) is 0 Å². The number of nitrogens with one attached hydrogen (secondary N) is 1. The molecule has 2 aliphatic rings. The molecule has 0 bridgehead atoms. The first-order chi connectivity index (χ1) is 12.8. The first kappa shape index (κ1) is 16.8. The van der Waals surface area contributed by atoms with E-state index in [0.717, 1.165) is 50.5 Å². The average molecular weight is 351 g/mol. The zero-order chi connectivity index (χ0) is 17.8. The van der Waals surface area contributed by atoms with Gasteiger partial charge in [-0.1, -0.05) is 18.9 Å². The second-order valence-corrected chi connectivity index (χ2v) is 7.02. The van der Waals surface area contributed by atoms with Crippen LogP contribution >= 0.6 is 0 Å². The Morgan fingerprint density at radius 3 is 2.46 bits per heavy atom. The van der Waals surface area contributed by atoms with Crippen LogP contribution in [0.15, 0.2) is 42.7 Å². The summed E-state index contributed by atoms with van der Waals surface area (Å²) in [5.74, 6) is 0.976. The highest BCUT2D eigenvalue weighted by Crippen LogP contribution is 2.21. The van der Waals surface area contributed by atoms with Crippen LogP contribution in [0, 0.1) is 0 Å². The van der Waals surface area contributed by atoms with Crippen LogP contribution in [0.5, 0.6) is 0 Å². The molecule has 0 radical (unpaired) electrons. The normalized spacial score (nSPS) is 18.2. The number of hydrogen-bond donors (Lipinski definition) is 1. The van der Waals surface area contributed by atoms with Crippen molar-refractivity contribution in [3.8, 4) is 0 Å². The molecule has 2 aromatic rings. The van der Waals surface area contributed by atoms with Gasteiger partial charge in [-0.15, -0.1) is 0 Å². The largest absolute Gasteiger partial charge is 0.368 e. The molecule has 1 aliphatic heterocycles. The van der Waals surface area contributed by atoms with Gasteiger partial charge in [-0.2, -0.15) is 0 Å². The minimum Gasteiger partial charge on any atom is -0.368 e. The summed E-state index contributed by atoms with van der Waals surface area (Å²) in [6.45, 7) is 3.65. The van der Waals surface area contributed by atoms with E-state index in [1.165, 1.54) is 12.8 Å². The van der Waals surface area contributed by atoms with Crippen LogP contribution in [0.25, 0.3) is 0 Å². The van der Waals surface area contributed by atoms with Crippen LogP contribution in [0.3, 0.4) is 0 Å². The smallest absolute Gasteiger partial charge is 0.270 e. The molecule has 136 valence electrons. The van der Waals surface area contributed by atoms with Crippen molar-refractivity contribution in [2.45, 2.75) is 31.7 Å². The van der Waals surface area contributed by atoms with Gasteiger partial charge in [-0.05, 0) is 37.1 Å². The minimum atomic E-state index is -0.0501. The van der Waals surface area contributed by atoms with Gasteiger partial charge in [0.15, 0.2) is 0 Å². The van der Waals surface area contributed by atoms with Crippen molar-refractivity contribution in [2.24, 2.45) is 0 Å². The highest BCUT2D eigenvalue weighted by Gasteiger charge is 2.21. The predicted molar refractivity (Wildman–Crippen MR) is 103 cm³/mol. The number of aromatic nitrogens is 2. The van der Waals surface area contributed by atoms with Gasteiger partial charge >= 0.3 is 0 Å². The van der Waals surface area contributed by atoms with Gasteiger partial charge in [-0.25, -0.2) is 4.98 Å². The van der Waals surface area contributed by atoms with Gasteiger partial charge in [0.25, 0.3) is 5.91 Å². The number of anilines is 2. The van der Waals surface area contributed by atoms with Crippen LogP contribution in [0.4, 0.5) is 11.5 Å². The molecule has 0 atom stereocenters. The Bertz CT molecular complexity index is 737. The Kier molecular flexibility index (Phi) is 5.00. The second kappa shape index (κ2) is 7.72. The van der Waals surface area contributed by atoms with Crippen LogP contribution in [-0.4, -0.2) is 48.1 Å². The van der Waals surface area contributed by atoms with Crippen LogP contribution < -0.4 is 15.1 Å². The number of nitrogens with zero attached hydrogens (tertiary/aromatic N) is 4. The van der Waals surface area contributed by atoms with Crippen LogP contribution in [0.1, 0.15) is 36.2 Å². The fourth-order valence-electron chi connectivity index (χ4n) is 3.80. The second-order valence-electron chi connectivity index (χ2n) is 7.02. The molecule has 1 saturated carbocycles. The molecule has 1 saturated heterocycles. The number of amides is 1. The molecule has 26 heavy (non-hydrogen) atoms. The number of piperazine rings is 1. The van der Waals surface area contributed by atoms with Gasteiger partial charge in [0.05, 0.1) is 0 Å².